The zero-order chi connectivity index (χ0) is 77.2. The molecular weight excluding hydrogens is 1410 g/mol. The fraction of sp³-hybridized carbons (Fsp3) is 0.672. The quantitative estimate of drug-likeness (QED) is 0.0282. The number of aliphatic imine (C=N–C) groups is 1. The van der Waals surface area contributed by atoms with Crippen LogP contribution < -0.4 is 75.7 Å². The zero-order valence-corrected chi connectivity index (χ0v) is 61.5. The number of aliphatic carboxylic acids is 1. The SMILES string of the molecule is CC(C)C[C@@H]1NC(=O)[C@@H]2CCCN2C(=O)[C@@H]2CCCN2C(=O)[C@H](CC(C)C)NC(=O)[C@H](CO)NC(=O)[C@H](CCCCN)NC(=O)[C@H]([C@@H](C)O)NC(=O)[C@@H]2CSSC[C@H](NC1=O)C(=O)N[C@@H](Cc1ccccc1)C(=O)N1CCC[C@H]1C(=O)N[C@@H](CC(=O)O)C(=O)NCC(=O)N[C@@H](CCCN=C(N)N)C(=O)N2. The Balaban J connectivity index is 1.50. The summed E-state index contributed by atoms with van der Waals surface area (Å²) in [6, 6.07) is -11.5. The number of aliphatic hydroxyl groups is 2. The minimum Gasteiger partial charge on any atom is -0.481 e. The van der Waals surface area contributed by atoms with Crippen LogP contribution in [0.3, 0.4) is 0 Å². The van der Waals surface area contributed by atoms with Crippen LogP contribution in [0.5, 0.6) is 0 Å². The van der Waals surface area contributed by atoms with Gasteiger partial charge in [-0.1, -0.05) is 79.6 Å². The predicted molar refractivity (Wildman–Crippen MR) is 384 cm³/mol. The van der Waals surface area contributed by atoms with Gasteiger partial charge in [0.1, 0.15) is 78.5 Å². The van der Waals surface area contributed by atoms with E-state index in [2.05, 4.69) is 63.5 Å². The largest absolute Gasteiger partial charge is 0.481 e. The van der Waals surface area contributed by atoms with Crippen molar-refractivity contribution in [1.82, 2.24) is 73.2 Å². The second kappa shape index (κ2) is 41.7. The summed E-state index contributed by atoms with van der Waals surface area (Å²) < 4.78 is 0. The van der Waals surface area contributed by atoms with Gasteiger partial charge in [0.05, 0.1) is 25.7 Å². The number of carboxylic acid groups (broad SMARTS) is 1. The predicted octanol–water partition coefficient (Wildman–Crippen LogP) is -5.30. The Kier molecular flexibility index (Phi) is 33.8. The van der Waals surface area contributed by atoms with Gasteiger partial charge in [0, 0.05) is 44.1 Å². The van der Waals surface area contributed by atoms with Crippen molar-refractivity contribution in [2.24, 2.45) is 34.0 Å². The molecule has 1 aromatic rings. The van der Waals surface area contributed by atoms with E-state index in [1.54, 1.807) is 58.0 Å². The number of nitrogens with two attached hydrogens (primary N) is 3. The molecule has 14 atom stereocenters. The van der Waals surface area contributed by atoms with Crippen molar-refractivity contribution in [1.29, 1.82) is 0 Å². The van der Waals surface area contributed by atoms with Crippen molar-refractivity contribution in [2.45, 2.75) is 216 Å². The molecule has 36 nitrogen and oxygen atoms in total. The van der Waals surface area contributed by atoms with Crippen molar-refractivity contribution in [2.75, 3.05) is 57.4 Å². The van der Waals surface area contributed by atoms with Crippen LogP contribution in [0.25, 0.3) is 0 Å². The highest BCUT2D eigenvalue weighted by atomic mass is 33.1. The highest BCUT2D eigenvalue weighted by Gasteiger charge is 2.46. The van der Waals surface area contributed by atoms with Crippen molar-refractivity contribution in [3.8, 4) is 0 Å². The van der Waals surface area contributed by atoms with Gasteiger partial charge in [-0.25, -0.2) is 0 Å². The molecule has 105 heavy (non-hydrogen) atoms. The first-order valence-corrected chi connectivity index (χ1v) is 38.2. The molecule has 1 aromatic carbocycles. The van der Waals surface area contributed by atoms with Gasteiger partial charge in [0.15, 0.2) is 5.96 Å². The first-order chi connectivity index (χ1) is 49.9. The summed E-state index contributed by atoms with van der Waals surface area (Å²) in [7, 11) is 1.70. The van der Waals surface area contributed by atoms with Crippen LogP contribution >= 0.6 is 21.6 Å². The van der Waals surface area contributed by atoms with Gasteiger partial charge in [-0.3, -0.25) is 76.9 Å². The van der Waals surface area contributed by atoms with Gasteiger partial charge in [-0.2, -0.15) is 0 Å². The van der Waals surface area contributed by atoms with E-state index in [0.717, 1.165) is 28.5 Å². The Bertz CT molecular complexity index is 3300. The molecule has 5 fully saturated rings. The third-order valence-corrected chi connectivity index (χ3v) is 20.8. The molecule has 20 N–H and O–H groups in total. The molecule has 2 bridgehead atoms. The second-order valence-corrected chi connectivity index (χ2v) is 30.2. The third kappa shape index (κ3) is 25.7. The summed E-state index contributed by atoms with van der Waals surface area (Å²) >= 11 is 0. The molecule has 5 heterocycles. The molecule has 38 heteroatoms. The van der Waals surface area contributed by atoms with Gasteiger partial charge in [0.25, 0.3) is 0 Å². The van der Waals surface area contributed by atoms with Crippen molar-refractivity contribution in [3.05, 3.63) is 35.9 Å². The maximum Gasteiger partial charge on any atom is 0.305 e. The van der Waals surface area contributed by atoms with Gasteiger partial charge >= 0.3 is 5.97 Å². The lowest BCUT2D eigenvalue weighted by Crippen LogP contribution is -2.62. The Morgan fingerprint density at radius 2 is 0.990 bits per heavy atom. The summed E-state index contributed by atoms with van der Waals surface area (Å²) in [6.45, 7) is 6.48. The number of guanidine groups is 1. The van der Waals surface area contributed by atoms with Crippen LogP contribution in [-0.4, -0.2) is 267 Å². The first kappa shape index (κ1) is 85.1. The molecule has 0 unspecified atom stereocenters. The Hall–Kier alpha value is -8.88. The van der Waals surface area contributed by atoms with E-state index in [4.69, 9.17) is 17.2 Å². The van der Waals surface area contributed by atoms with E-state index in [-0.39, 0.29) is 121 Å². The number of benzene rings is 1. The lowest BCUT2D eigenvalue weighted by Gasteiger charge is -2.34. The molecule has 0 radical (unpaired) electrons. The zero-order valence-electron chi connectivity index (χ0n) is 59.9. The van der Waals surface area contributed by atoms with E-state index in [1.165, 1.54) is 14.7 Å². The number of amides is 14. The summed E-state index contributed by atoms with van der Waals surface area (Å²) in [6.07, 6.45) is -1.59. The minimum atomic E-state index is -1.94. The maximum absolute atomic E-state index is 15.3. The monoisotopic (exact) mass is 1510 g/mol. The number of aliphatic hydroxyl groups excluding tert-OH is 2. The Morgan fingerprint density at radius 3 is 1.55 bits per heavy atom. The molecule has 14 amide bonds. The summed E-state index contributed by atoms with van der Waals surface area (Å²) in [5.41, 5.74) is 17.5. The summed E-state index contributed by atoms with van der Waals surface area (Å²) in [5, 5.41) is 60.0. The molecule has 5 aliphatic heterocycles. The average Bonchev–Trinajstić information content (AvgIpc) is 1.67. The number of carbonyl (C=O) groups is 15. The standard InChI is InChI=1S/C67H104N18O18S2/c1-35(2)27-41-57(94)81-46-33-104-105-34-47(80-55(92)39(18-11-23-71-67(69)70)73-51(88)31-72-54(91)42(30-52(89)90)76-61(98)48-19-12-24-83(48)65(102)44(78-59(46)96)29-38-15-7-6-8-16-38)60(97)82-53(37(5)87)63(100)74-40(17-9-10-22-68)56(93)79-45(32-86)58(95)77-43(28-36(3)4)64(101)85-26-14-21-50(85)66(103)84-25-13-20-49(84)62(99)75-41/h6-8,15-16,35-37,39-50,53,86-87H,9-14,17-34,68H2,1-5H3,(H,72,91)(H,73,88)(H,74,100)(H,75,99)(H,76,98)(H,77,95)(H,78,96)(H,79,93)(H,80,92)(H,81,94)(H,82,97)(H,89,90)(H4,69,70,71)/t37-,39+,40+,41+,42+,43+,44+,45+,46+,47+,48+,49+,50+,53+/m1/s1. The molecule has 0 spiro atoms. The van der Waals surface area contributed by atoms with Gasteiger partial charge in [0.2, 0.25) is 82.7 Å². The number of rotatable bonds is 18. The average molecular weight is 1510 g/mol. The molecule has 5 saturated heterocycles. The third-order valence-electron chi connectivity index (χ3n) is 18.4. The number of carbonyl (C=O) groups excluding carboxylic acids is 14. The van der Waals surface area contributed by atoms with Crippen LogP contribution in [-0.2, 0) is 78.3 Å². The van der Waals surface area contributed by atoms with E-state index in [9.17, 15) is 72.9 Å². The summed E-state index contributed by atoms with van der Waals surface area (Å²) in [5.74, 6) is -16.5. The molecule has 0 aromatic heterocycles. The number of hydrogen-bond donors (Lipinski definition) is 17. The molecule has 5 aliphatic rings. The first-order valence-electron chi connectivity index (χ1n) is 35.7. The fourth-order valence-corrected chi connectivity index (χ4v) is 15.3. The highest BCUT2D eigenvalue weighted by Crippen LogP contribution is 2.29. The van der Waals surface area contributed by atoms with Crippen LogP contribution in [0.15, 0.2) is 35.3 Å². The highest BCUT2D eigenvalue weighted by molar-refractivity contribution is 8.76. The number of hydrogen-bond acceptors (Lipinski definition) is 21. The molecule has 6 rings (SSSR count). The number of unbranched alkanes of at least 4 members (excludes halogenated alkanes) is 1. The lowest BCUT2D eigenvalue weighted by molar-refractivity contribution is -0.148. The van der Waals surface area contributed by atoms with Crippen LogP contribution in [0.2, 0.25) is 0 Å². The lowest BCUT2D eigenvalue weighted by atomic mass is 10.0. The Morgan fingerprint density at radius 1 is 0.524 bits per heavy atom. The smallest absolute Gasteiger partial charge is 0.305 e. The van der Waals surface area contributed by atoms with Crippen molar-refractivity contribution < 1.29 is 87.2 Å². The topological polar surface area (TPSA) is 549 Å². The van der Waals surface area contributed by atoms with Crippen LogP contribution in [0.4, 0.5) is 0 Å². The van der Waals surface area contributed by atoms with Crippen LogP contribution in [0, 0.1) is 11.8 Å². The second-order valence-electron chi connectivity index (χ2n) is 27.7. The van der Waals surface area contributed by atoms with E-state index in [0.29, 0.717) is 24.8 Å². The fourth-order valence-electron chi connectivity index (χ4n) is 13.0. The molecular formula is C67H104N18O18S2. The van der Waals surface area contributed by atoms with Crippen LogP contribution in [0.1, 0.15) is 130 Å². The van der Waals surface area contributed by atoms with Crippen molar-refractivity contribution in [3.63, 3.8) is 0 Å². The van der Waals surface area contributed by atoms with Gasteiger partial charge in [-0.15, -0.1) is 0 Å². The Labute approximate surface area is 616 Å². The number of nitrogens with one attached hydrogen (secondary N) is 11. The van der Waals surface area contributed by atoms with E-state index >= 15 is 14.4 Å². The number of carboxylic acids is 1. The maximum atomic E-state index is 15.3. The van der Waals surface area contributed by atoms with E-state index < -0.39 is 204 Å². The van der Waals surface area contributed by atoms with Gasteiger partial charge in [-0.05, 0) is 114 Å². The summed E-state index contributed by atoms with van der Waals surface area (Å²) in [4.78, 5) is 225. The molecule has 0 saturated carbocycles. The molecule has 0 aliphatic carbocycles. The van der Waals surface area contributed by atoms with E-state index in [1.807, 2.05) is 0 Å². The molecule has 582 valence electrons. The van der Waals surface area contributed by atoms with Crippen molar-refractivity contribution >= 4 is 116 Å². The minimum absolute atomic E-state index is 0.00914. The number of fused-ring (bicyclic) bond motifs is 8. The normalized spacial score (nSPS) is 28.0. The van der Waals surface area contributed by atoms with Gasteiger partial charge < -0.3 is 106 Å². The number of nitrogens with zero attached hydrogens (tertiary/aromatic N) is 4.